The largest absolute Gasteiger partial charge is 0.304 e. The molecule has 4 heteroatoms. The predicted molar refractivity (Wildman–Crippen MR) is 50.1 cm³/mol. The van der Waals surface area contributed by atoms with Crippen LogP contribution in [0.3, 0.4) is 0 Å². The number of piperidine rings is 1. The normalized spacial score (nSPS) is 32.2. The van der Waals surface area contributed by atoms with Crippen molar-refractivity contribution in [3.8, 4) is 0 Å². The molecule has 3 N–H and O–H groups in total. The van der Waals surface area contributed by atoms with Gasteiger partial charge in [-0.1, -0.05) is 0 Å². The first-order valence-corrected chi connectivity index (χ1v) is 4.45. The molecule has 1 heterocycles. The molecule has 1 saturated heterocycles. The molecule has 0 bridgehead atoms. The minimum atomic E-state index is 0.404. The van der Waals surface area contributed by atoms with E-state index in [9.17, 15) is 0 Å². The molecule has 0 amide bonds. The fourth-order valence-corrected chi connectivity index (χ4v) is 1.68. The lowest BCUT2D eigenvalue weighted by atomic mass is 10.1. The van der Waals surface area contributed by atoms with Gasteiger partial charge < -0.3 is 10.6 Å². The van der Waals surface area contributed by atoms with Crippen LogP contribution in [0.25, 0.3) is 0 Å². The third-order valence-electron chi connectivity index (χ3n) is 2.38. The van der Waals surface area contributed by atoms with Crippen molar-refractivity contribution in [2.24, 2.45) is 0 Å². The molecule has 1 radical (unpaired) electrons. The number of nitrogens with one attached hydrogen (secondary N) is 3. The molecule has 0 spiro atoms. The van der Waals surface area contributed by atoms with Crippen LogP contribution in [-0.2, 0) is 0 Å². The van der Waals surface area contributed by atoms with Crippen molar-refractivity contribution < 1.29 is 0 Å². The van der Waals surface area contributed by atoms with Gasteiger partial charge in [0.25, 0.3) is 0 Å². The van der Waals surface area contributed by atoms with Crippen molar-refractivity contribution in [3.63, 3.8) is 0 Å². The SMILES string of the molecule is CNC1C[CH]CC(NC)N1NC. The molecule has 1 rings (SSSR count). The summed E-state index contributed by atoms with van der Waals surface area (Å²) in [4.78, 5) is 0. The molecule has 0 aromatic heterocycles. The van der Waals surface area contributed by atoms with E-state index < -0.39 is 0 Å². The average Bonchev–Trinajstić information content (AvgIpc) is 2.16. The first-order chi connectivity index (χ1) is 5.83. The Labute approximate surface area is 74.7 Å². The van der Waals surface area contributed by atoms with Gasteiger partial charge in [-0.3, -0.25) is 5.43 Å². The van der Waals surface area contributed by atoms with Gasteiger partial charge in [0.05, 0.1) is 12.3 Å². The van der Waals surface area contributed by atoms with E-state index in [0.29, 0.717) is 12.3 Å². The molecule has 0 aliphatic carbocycles. The molecule has 0 saturated carbocycles. The van der Waals surface area contributed by atoms with Crippen LogP contribution in [0.1, 0.15) is 12.8 Å². The van der Waals surface area contributed by atoms with Crippen LogP contribution in [0.15, 0.2) is 0 Å². The molecule has 1 aliphatic rings. The van der Waals surface area contributed by atoms with E-state index in [0.717, 1.165) is 12.8 Å². The summed E-state index contributed by atoms with van der Waals surface area (Å²) in [5.41, 5.74) is 3.19. The Bertz CT molecular complexity index is 116. The molecular weight excluding hydrogens is 152 g/mol. The molecule has 0 aromatic rings. The highest BCUT2D eigenvalue weighted by atomic mass is 15.6. The second-order valence-corrected chi connectivity index (χ2v) is 3.00. The van der Waals surface area contributed by atoms with Crippen LogP contribution < -0.4 is 16.1 Å². The highest BCUT2D eigenvalue weighted by Gasteiger charge is 2.27. The monoisotopic (exact) mass is 171 g/mol. The van der Waals surface area contributed by atoms with Crippen LogP contribution in [0.4, 0.5) is 0 Å². The Morgan fingerprint density at radius 1 is 1.08 bits per heavy atom. The standard InChI is InChI=1S/C8H19N4/c1-9-7-5-4-6-8(10-2)12(7)11-3/h4,7-11H,5-6H2,1-3H3. The summed E-state index contributed by atoms with van der Waals surface area (Å²) in [6.45, 7) is 0. The van der Waals surface area contributed by atoms with Crippen LogP contribution >= 0.6 is 0 Å². The maximum absolute atomic E-state index is 3.26. The summed E-state index contributed by atoms with van der Waals surface area (Å²) >= 11 is 0. The zero-order valence-corrected chi connectivity index (χ0v) is 8.09. The highest BCUT2D eigenvalue weighted by Crippen LogP contribution is 2.15. The maximum Gasteiger partial charge on any atom is 0.0750 e. The van der Waals surface area contributed by atoms with Gasteiger partial charge in [0.2, 0.25) is 0 Å². The lowest BCUT2D eigenvalue weighted by Crippen LogP contribution is -2.61. The Hall–Kier alpha value is -0.160. The molecule has 0 aromatic carbocycles. The summed E-state index contributed by atoms with van der Waals surface area (Å²) in [7, 11) is 5.93. The number of nitrogens with zero attached hydrogens (tertiary/aromatic N) is 1. The van der Waals surface area contributed by atoms with Gasteiger partial charge in [-0.15, -0.1) is 0 Å². The second-order valence-electron chi connectivity index (χ2n) is 3.00. The minimum Gasteiger partial charge on any atom is -0.304 e. The van der Waals surface area contributed by atoms with Gasteiger partial charge in [0.1, 0.15) is 0 Å². The molecular formula is C8H19N4. The van der Waals surface area contributed by atoms with Crippen molar-refractivity contribution >= 4 is 0 Å². The number of hydrogen-bond donors (Lipinski definition) is 3. The summed E-state index contributed by atoms with van der Waals surface area (Å²) in [5.74, 6) is 0. The van der Waals surface area contributed by atoms with E-state index in [1.165, 1.54) is 0 Å². The molecule has 2 atom stereocenters. The van der Waals surface area contributed by atoms with E-state index >= 15 is 0 Å². The van der Waals surface area contributed by atoms with Gasteiger partial charge in [-0.25, -0.2) is 5.01 Å². The molecule has 12 heavy (non-hydrogen) atoms. The van der Waals surface area contributed by atoms with E-state index in [1.54, 1.807) is 0 Å². The number of hydrazine groups is 1. The predicted octanol–water partition coefficient (Wildman–Crippen LogP) is -0.488. The first-order valence-electron chi connectivity index (χ1n) is 4.45. The Morgan fingerprint density at radius 3 is 1.92 bits per heavy atom. The lowest BCUT2D eigenvalue weighted by Gasteiger charge is -2.40. The van der Waals surface area contributed by atoms with E-state index in [2.05, 4.69) is 27.5 Å². The average molecular weight is 171 g/mol. The van der Waals surface area contributed by atoms with E-state index in [1.807, 2.05) is 21.1 Å². The second kappa shape index (κ2) is 4.77. The summed E-state index contributed by atoms with van der Waals surface area (Å²) in [5, 5.41) is 8.73. The molecule has 4 nitrogen and oxygen atoms in total. The van der Waals surface area contributed by atoms with Crippen molar-refractivity contribution in [3.05, 3.63) is 6.42 Å². The van der Waals surface area contributed by atoms with Gasteiger partial charge in [-0.05, 0) is 40.4 Å². The van der Waals surface area contributed by atoms with E-state index in [-0.39, 0.29) is 0 Å². The topological polar surface area (TPSA) is 39.3 Å². The van der Waals surface area contributed by atoms with Crippen molar-refractivity contribution in [2.45, 2.75) is 25.2 Å². The molecule has 1 fully saturated rings. The fraction of sp³-hybridized carbons (Fsp3) is 0.875. The van der Waals surface area contributed by atoms with Crippen LogP contribution in [0.5, 0.6) is 0 Å². The summed E-state index contributed by atoms with van der Waals surface area (Å²) in [6, 6.07) is 0. The Morgan fingerprint density at radius 2 is 1.58 bits per heavy atom. The number of rotatable bonds is 3. The third-order valence-corrected chi connectivity index (χ3v) is 2.38. The number of hydrogen-bond acceptors (Lipinski definition) is 4. The highest BCUT2D eigenvalue weighted by molar-refractivity contribution is 4.86. The summed E-state index contributed by atoms with van der Waals surface area (Å²) < 4.78 is 0. The van der Waals surface area contributed by atoms with E-state index in [4.69, 9.17) is 0 Å². The molecule has 1 aliphatic heterocycles. The van der Waals surface area contributed by atoms with Gasteiger partial charge in [-0.2, -0.15) is 0 Å². The minimum absolute atomic E-state index is 0.404. The lowest BCUT2D eigenvalue weighted by molar-refractivity contribution is 0.0290. The fourth-order valence-electron chi connectivity index (χ4n) is 1.68. The maximum atomic E-state index is 3.26. The quantitative estimate of drug-likeness (QED) is 0.536. The Balaban J connectivity index is 2.52. The zero-order valence-electron chi connectivity index (χ0n) is 8.09. The summed E-state index contributed by atoms with van der Waals surface area (Å²) in [6.07, 6.45) is 5.31. The van der Waals surface area contributed by atoms with Crippen LogP contribution in [0, 0.1) is 6.42 Å². The van der Waals surface area contributed by atoms with Crippen molar-refractivity contribution in [2.75, 3.05) is 21.1 Å². The molecule has 71 valence electrons. The van der Waals surface area contributed by atoms with Crippen molar-refractivity contribution in [1.29, 1.82) is 0 Å². The van der Waals surface area contributed by atoms with Crippen LogP contribution in [-0.4, -0.2) is 38.5 Å². The van der Waals surface area contributed by atoms with Gasteiger partial charge in [0, 0.05) is 0 Å². The third kappa shape index (κ3) is 1.95. The smallest absolute Gasteiger partial charge is 0.0750 e. The first kappa shape index (κ1) is 9.92. The van der Waals surface area contributed by atoms with Crippen molar-refractivity contribution in [1.82, 2.24) is 21.1 Å². The van der Waals surface area contributed by atoms with Gasteiger partial charge in [0.15, 0.2) is 0 Å². The molecule has 2 unspecified atom stereocenters. The van der Waals surface area contributed by atoms with Gasteiger partial charge >= 0.3 is 0 Å². The zero-order chi connectivity index (χ0) is 8.97. The van der Waals surface area contributed by atoms with Crippen LogP contribution in [0.2, 0.25) is 0 Å². The Kier molecular flexibility index (Phi) is 3.94.